The first-order valence-electron chi connectivity index (χ1n) is 11.8. The molecule has 0 aromatic carbocycles. The van der Waals surface area contributed by atoms with Crippen molar-refractivity contribution >= 4 is 11.9 Å². The maximum atomic E-state index is 12.7. The minimum absolute atomic E-state index is 0.00787. The SMILES string of the molecule is CN=C(NC1C2CCOC2C12CCC2)N1CCN(C(C)C(=O)N2CCCC2)CC1. The van der Waals surface area contributed by atoms with Crippen molar-refractivity contribution in [2.24, 2.45) is 16.3 Å². The van der Waals surface area contributed by atoms with Crippen LogP contribution in [-0.4, -0.2) is 97.7 Å². The molecule has 3 heterocycles. The number of hydrogen-bond donors (Lipinski definition) is 1. The van der Waals surface area contributed by atoms with E-state index in [1.165, 1.54) is 25.7 Å². The van der Waals surface area contributed by atoms with Gasteiger partial charge in [-0.3, -0.25) is 14.7 Å². The van der Waals surface area contributed by atoms with Gasteiger partial charge < -0.3 is 19.9 Å². The zero-order chi connectivity index (χ0) is 20.0. The molecule has 5 fully saturated rings. The van der Waals surface area contributed by atoms with E-state index in [1.54, 1.807) is 0 Å². The molecule has 5 rings (SSSR count). The van der Waals surface area contributed by atoms with Gasteiger partial charge in [-0.2, -0.15) is 0 Å². The molecule has 7 nitrogen and oxygen atoms in total. The lowest BCUT2D eigenvalue weighted by atomic mass is 9.46. The van der Waals surface area contributed by atoms with E-state index in [0.717, 1.165) is 64.7 Å². The molecule has 3 saturated heterocycles. The van der Waals surface area contributed by atoms with Crippen LogP contribution in [0, 0.1) is 11.3 Å². The minimum atomic E-state index is -0.00787. The third-order valence-corrected chi connectivity index (χ3v) is 8.47. The summed E-state index contributed by atoms with van der Waals surface area (Å²) in [6.45, 7) is 8.60. The van der Waals surface area contributed by atoms with Crippen molar-refractivity contribution in [3.05, 3.63) is 0 Å². The third kappa shape index (κ3) is 3.16. The van der Waals surface area contributed by atoms with Gasteiger partial charge in [-0.25, -0.2) is 0 Å². The van der Waals surface area contributed by atoms with Crippen LogP contribution in [-0.2, 0) is 9.53 Å². The van der Waals surface area contributed by atoms with Gasteiger partial charge in [0.25, 0.3) is 0 Å². The number of carbonyl (C=O) groups is 1. The van der Waals surface area contributed by atoms with E-state index < -0.39 is 0 Å². The largest absolute Gasteiger partial charge is 0.377 e. The molecule has 4 unspecified atom stereocenters. The monoisotopic (exact) mass is 403 g/mol. The first-order chi connectivity index (χ1) is 14.1. The van der Waals surface area contributed by atoms with Crippen LogP contribution in [0.1, 0.15) is 45.4 Å². The number of nitrogens with zero attached hydrogens (tertiary/aromatic N) is 4. The molecular formula is C22H37N5O2. The Hall–Kier alpha value is -1.34. The van der Waals surface area contributed by atoms with Gasteiger partial charge in [-0.15, -0.1) is 0 Å². The zero-order valence-corrected chi connectivity index (χ0v) is 18.1. The van der Waals surface area contributed by atoms with E-state index in [1.807, 2.05) is 11.9 Å². The Morgan fingerprint density at radius 2 is 1.79 bits per heavy atom. The first kappa shape index (κ1) is 19.6. The molecule has 1 N–H and O–H groups in total. The summed E-state index contributed by atoms with van der Waals surface area (Å²) < 4.78 is 6.07. The molecule has 1 amide bonds. The van der Waals surface area contributed by atoms with Gasteiger partial charge >= 0.3 is 0 Å². The predicted octanol–water partition coefficient (Wildman–Crippen LogP) is 1.15. The molecule has 2 aliphatic carbocycles. The van der Waals surface area contributed by atoms with E-state index in [-0.39, 0.29) is 6.04 Å². The molecule has 0 aromatic heterocycles. The fourth-order valence-electron chi connectivity index (χ4n) is 6.57. The maximum absolute atomic E-state index is 12.7. The van der Waals surface area contributed by atoms with Crippen molar-refractivity contribution in [2.75, 3.05) is 52.9 Å². The number of guanidine groups is 1. The number of amides is 1. The summed E-state index contributed by atoms with van der Waals surface area (Å²) in [5.41, 5.74) is 0.371. The zero-order valence-electron chi connectivity index (χ0n) is 18.1. The predicted molar refractivity (Wildman–Crippen MR) is 113 cm³/mol. The quantitative estimate of drug-likeness (QED) is 0.566. The average molecular weight is 404 g/mol. The number of aliphatic imine (C=N–C) groups is 1. The lowest BCUT2D eigenvalue weighted by Crippen LogP contribution is -2.73. The van der Waals surface area contributed by atoms with Crippen LogP contribution in [0.15, 0.2) is 4.99 Å². The Bertz CT molecular complexity index is 650. The molecular weight excluding hydrogens is 366 g/mol. The van der Waals surface area contributed by atoms with E-state index in [9.17, 15) is 4.79 Å². The number of rotatable bonds is 3. The highest BCUT2D eigenvalue weighted by molar-refractivity contribution is 5.82. The third-order valence-electron chi connectivity index (χ3n) is 8.47. The van der Waals surface area contributed by atoms with Crippen molar-refractivity contribution in [2.45, 2.75) is 63.6 Å². The molecule has 5 aliphatic rings. The highest BCUT2D eigenvalue weighted by Gasteiger charge is 2.66. The number of piperazine rings is 1. The van der Waals surface area contributed by atoms with Gasteiger partial charge in [0.15, 0.2) is 5.96 Å². The first-order valence-corrected chi connectivity index (χ1v) is 11.8. The minimum Gasteiger partial charge on any atom is -0.377 e. The van der Waals surface area contributed by atoms with Gasteiger partial charge in [-0.1, -0.05) is 6.42 Å². The van der Waals surface area contributed by atoms with Crippen LogP contribution in [0.3, 0.4) is 0 Å². The summed E-state index contributed by atoms with van der Waals surface area (Å²) in [4.78, 5) is 24.2. The Kier molecular flexibility index (Phi) is 5.23. The number of likely N-dealkylation sites (tertiary alicyclic amines) is 1. The molecule has 162 valence electrons. The number of fused-ring (bicyclic) bond motifs is 2. The second kappa shape index (κ2) is 7.73. The van der Waals surface area contributed by atoms with Crippen LogP contribution in [0.25, 0.3) is 0 Å². The molecule has 0 bridgehead atoms. The molecule has 7 heteroatoms. The normalized spacial score (nSPS) is 35.2. The second-order valence-corrected chi connectivity index (χ2v) is 9.73. The molecule has 4 atom stereocenters. The van der Waals surface area contributed by atoms with Crippen molar-refractivity contribution < 1.29 is 9.53 Å². The number of nitrogens with one attached hydrogen (secondary N) is 1. The van der Waals surface area contributed by atoms with Crippen LogP contribution < -0.4 is 5.32 Å². The van der Waals surface area contributed by atoms with E-state index in [0.29, 0.717) is 29.4 Å². The highest BCUT2D eigenvalue weighted by Crippen LogP contribution is 2.62. The lowest BCUT2D eigenvalue weighted by Gasteiger charge is -2.63. The standard InChI is InChI=1S/C22H37N5O2/c1-16(20(28)26-9-3-4-10-26)25-11-13-27(14-12-25)21(23-2)24-18-17-6-15-29-19(17)22(18)7-5-8-22/h16-19H,3-15H2,1-2H3,(H,23,24). The maximum Gasteiger partial charge on any atom is 0.239 e. The molecule has 2 saturated carbocycles. The van der Waals surface area contributed by atoms with Crippen LogP contribution >= 0.6 is 0 Å². The van der Waals surface area contributed by atoms with Crippen molar-refractivity contribution in [3.8, 4) is 0 Å². The smallest absolute Gasteiger partial charge is 0.239 e. The molecule has 3 aliphatic heterocycles. The Balaban J connectivity index is 1.16. The Labute approximate surface area is 174 Å². The Morgan fingerprint density at radius 1 is 1.07 bits per heavy atom. The van der Waals surface area contributed by atoms with Gasteiger partial charge in [0.2, 0.25) is 5.91 Å². The molecule has 29 heavy (non-hydrogen) atoms. The average Bonchev–Trinajstić information content (AvgIpc) is 3.38. The number of ether oxygens (including phenoxy) is 1. The molecule has 1 spiro atoms. The van der Waals surface area contributed by atoms with E-state index >= 15 is 0 Å². The van der Waals surface area contributed by atoms with Crippen LogP contribution in [0.5, 0.6) is 0 Å². The molecule has 0 aromatic rings. The topological polar surface area (TPSA) is 60.4 Å². The van der Waals surface area contributed by atoms with E-state index in [4.69, 9.17) is 4.74 Å². The van der Waals surface area contributed by atoms with Gasteiger partial charge in [0.05, 0.1) is 12.1 Å². The van der Waals surface area contributed by atoms with Crippen molar-refractivity contribution in [1.82, 2.24) is 20.0 Å². The number of carbonyl (C=O) groups excluding carboxylic acids is 1. The lowest BCUT2D eigenvalue weighted by molar-refractivity contribution is -0.171. The fourth-order valence-corrected chi connectivity index (χ4v) is 6.57. The fraction of sp³-hybridized carbons (Fsp3) is 0.909. The summed E-state index contributed by atoms with van der Waals surface area (Å²) in [6.07, 6.45) is 7.92. The number of hydrogen-bond acceptors (Lipinski definition) is 4. The molecule has 0 radical (unpaired) electrons. The van der Waals surface area contributed by atoms with Crippen molar-refractivity contribution in [3.63, 3.8) is 0 Å². The highest BCUT2D eigenvalue weighted by atomic mass is 16.5. The van der Waals surface area contributed by atoms with Gasteiger partial charge in [0, 0.05) is 70.3 Å². The van der Waals surface area contributed by atoms with Gasteiger partial charge in [0.1, 0.15) is 0 Å². The summed E-state index contributed by atoms with van der Waals surface area (Å²) in [5, 5.41) is 3.85. The van der Waals surface area contributed by atoms with E-state index in [2.05, 4.69) is 27.0 Å². The van der Waals surface area contributed by atoms with Crippen LogP contribution in [0.4, 0.5) is 0 Å². The van der Waals surface area contributed by atoms with Crippen LogP contribution in [0.2, 0.25) is 0 Å². The summed E-state index contributed by atoms with van der Waals surface area (Å²) >= 11 is 0. The summed E-state index contributed by atoms with van der Waals surface area (Å²) in [7, 11) is 1.91. The second-order valence-electron chi connectivity index (χ2n) is 9.73. The summed E-state index contributed by atoms with van der Waals surface area (Å²) in [5.74, 6) is 2.02. The van der Waals surface area contributed by atoms with Crippen molar-refractivity contribution in [1.29, 1.82) is 0 Å². The summed E-state index contributed by atoms with van der Waals surface area (Å²) in [6, 6.07) is 0.516. The van der Waals surface area contributed by atoms with Gasteiger partial charge in [-0.05, 0) is 39.0 Å². The Morgan fingerprint density at radius 3 is 2.41 bits per heavy atom.